The molecule has 140 valence electrons. The Bertz CT molecular complexity index is 899. The first-order valence-corrected chi connectivity index (χ1v) is 9.59. The molecular formula is C20H17ClFNO3S. The summed E-state index contributed by atoms with van der Waals surface area (Å²) in [6.45, 7) is 2.68. The quantitative estimate of drug-likeness (QED) is 0.595. The summed E-state index contributed by atoms with van der Waals surface area (Å²) in [6, 6.07) is 11.2. The van der Waals surface area contributed by atoms with Crippen molar-refractivity contribution in [2.24, 2.45) is 0 Å². The number of amides is 2. The van der Waals surface area contributed by atoms with E-state index in [-0.39, 0.29) is 16.8 Å². The van der Waals surface area contributed by atoms with Crippen molar-refractivity contribution in [2.75, 3.05) is 6.61 Å². The van der Waals surface area contributed by atoms with Crippen LogP contribution in [0.2, 0.25) is 5.02 Å². The van der Waals surface area contributed by atoms with Gasteiger partial charge in [0.05, 0.1) is 18.1 Å². The topological polar surface area (TPSA) is 46.6 Å². The molecule has 27 heavy (non-hydrogen) atoms. The number of benzene rings is 2. The van der Waals surface area contributed by atoms with E-state index in [1.807, 2.05) is 31.2 Å². The summed E-state index contributed by atoms with van der Waals surface area (Å²) in [6.07, 6.45) is 2.59. The lowest BCUT2D eigenvalue weighted by atomic mass is 10.2. The summed E-state index contributed by atoms with van der Waals surface area (Å²) in [5.41, 5.74) is 1.31. The molecule has 1 heterocycles. The molecule has 0 unspecified atom stereocenters. The zero-order valence-electron chi connectivity index (χ0n) is 14.6. The number of thioether (sulfide) groups is 1. The first-order valence-electron chi connectivity index (χ1n) is 8.40. The smallest absolute Gasteiger partial charge is 0.293 e. The molecule has 1 fully saturated rings. The van der Waals surface area contributed by atoms with E-state index >= 15 is 0 Å². The van der Waals surface area contributed by atoms with Crippen LogP contribution < -0.4 is 4.74 Å². The van der Waals surface area contributed by atoms with E-state index in [1.54, 1.807) is 6.08 Å². The summed E-state index contributed by atoms with van der Waals surface area (Å²) in [5, 5.41) is -0.199. The fraction of sp³-hybridized carbons (Fsp3) is 0.200. The number of ether oxygens (including phenoxy) is 1. The van der Waals surface area contributed by atoms with Crippen LogP contribution in [0, 0.1) is 5.82 Å². The van der Waals surface area contributed by atoms with Gasteiger partial charge in [-0.05, 0) is 59.7 Å². The first-order chi connectivity index (χ1) is 13.0. The predicted molar refractivity (Wildman–Crippen MR) is 105 cm³/mol. The Balaban J connectivity index is 1.74. The van der Waals surface area contributed by atoms with Gasteiger partial charge in [-0.3, -0.25) is 14.5 Å². The van der Waals surface area contributed by atoms with E-state index in [9.17, 15) is 14.0 Å². The summed E-state index contributed by atoms with van der Waals surface area (Å²) < 4.78 is 18.7. The molecule has 0 atom stereocenters. The average Bonchev–Trinajstić information content (AvgIpc) is 2.90. The van der Waals surface area contributed by atoms with Crippen LogP contribution in [-0.2, 0) is 11.3 Å². The third kappa shape index (κ3) is 4.70. The summed E-state index contributed by atoms with van der Waals surface area (Å²) in [4.78, 5) is 26.3. The summed E-state index contributed by atoms with van der Waals surface area (Å²) >= 11 is 6.87. The van der Waals surface area contributed by atoms with E-state index in [1.165, 1.54) is 12.1 Å². The molecule has 4 nitrogen and oxygen atoms in total. The minimum atomic E-state index is -0.468. The number of imide groups is 1. The van der Waals surface area contributed by atoms with Gasteiger partial charge in [-0.1, -0.05) is 36.7 Å². The third-order valence-corrected chi connectivity index (χ3v) is 5.13. The molecule has 0 N–H and O–H groups in total. The molecule has 0 aromatic heterocycles. The van der Waals surface area contributed by atoms with Crippen molar-refractivity contribution in [3.63, 3.8) is 0 Å². The third-order valence-electron chi connectivity index (χ3n) is 3.87. The highest BCUT2D eigenvalue weighted by molar-refractivity contribution is 8.18. The number of hydrogen-bond donors (Lipinski definition) is 0. The Morgan fingerprint density at radius 1 is 1.19 bits per heavy atom. The fourth-order valence-electron chi connectivity index (χ4n) is 2.49. The fourth-order valence-corrected chi connectivity index (χ4v) is 3.55. The lowest BCUT2D eigenvalue weighted by molar-refractivity contribution is -0.123. The Morgan fingerprint density at radius 2 is 1.93 bits per heavy atom. The van der Waals surface area contributed by atoms with Crippen LogP contribution in [0.1, 0.15) is 24.5 Å². The minimum Gasteiger partial charge on any atom is -0.494 e. The maximum Gasteiger partial charge on any atom is 0.293 e. The predicted octanol–water partition coefficient (Wildman–Crippen LogP) is 5.50. The number of hydrogen-bond acceptors (Lipinski definition) is 4. The van der Waals surface area contributed by atoms with E-state index in [0.29, 0.717) is 17.1 Å². The van der Waals surface area contributed by atoms with Gasteiger partial charge in [0.2, 0.25) is 0 Å². The zero-order chi connectivity index (χ0) is 19.4. The molecule has 7 heteroatoms. The van der Waals surface area contributed by atoms with Gasteiger partial charge in [-0.15, -0.1) is 0 Å². The molecule has 1 aliphatic rings. The van der Waals surface area contributed by atoms with Crippen LogP contribution in [-0.4, -0.2) is 22.7 Å². The molecule has 0 bridgehead atoms. The molecule has 0 spiro atoms. The Kier molecular flexibility index (Phi) is 6.19. The maximum absolute atomic E-state index is 13.2. The molecular weight excluding hydrogens is 389 g/mol. The molecule has 0 saturated carbocycles. The number of carbonyl (C=O) groups excluding carboxylic acids is 2. The normalized spacial score (nSPS) is 15.7. The maximum atomic E-state index is 13.2. The molecule has 2 aromatic carbocycles. The van der Waals surface area contributed by atoms with Gasteiger partial charge >= 0.3 is 0 Å². The zero-order valence-corrected chi connectivity index (χ0v) is 16.1. The van der Waals surface area contributed by atoms with E-state index in [2.05, 4.69) is 0 Å². The summed E-state index contributed by atoms with van der Waals surface area (Å²) in [7, 11) is 0. The van der Waals surface area contributed by atoms with Crippen molar-refractivity contribution in [1.29, 1.82) is 0 Å². The van der Waals surface area contributed by atoms with Gasteiger partial charge in [0.25, 0.3) is 11.1 Å². The van der Waals surface area contributed by atoms with Gasteiger partial charge in [0, 0.05) is 5.02 Å². The number of nitrogens with zero attached hydrogens (tertiary/aromatic N) is 1. The number of carbonyl (C=O) groups is 2. The van der Waals surface area contributed by atoms with Crippen molar-refractivity contribution in [3.8, 4) is 5.75 Å². The van der Waals surface area contributed by atoms with Gasteiger partial charge in [0.15, 0.2) is 0 Å². The van der Waals surface area contributed by atoms with Gasteiger partial charge in [-0.25, -0.2) is 4.39 Å². The summed E-state index contributed by atoms with van der Waals surface area (Å²) in [5.74, 6) is -0.103. The highest BCUT2D eigenvalue weighted by Gasteiger charge is 2.35. The molecule has 2 amide bonds. The highest BCUT2D eigenvalue weighted by Crippen LogP contribution is 2.34. The van der Waals surface area contributed by atoms with E-state index < -0.39 is 11.7 Å². The molecule has 2 aromatic rings. The number of rotatable bonds is 6. The Hall–Kier alpha value is -2.31. The lowest BCUT2D eigenvalue weighted by Gasteiger charge is -2.13. The van der Waals surface area contributed by atoms with Crippen LogP contribution in [0.5, 0.6) is 5.75 Å². The monoisotopic (exact) mass is 405 g/mol. The van der Waals surface area contributed by atoms with Crippen LogP contribution in [0.4, 0.5) is 9.18 Å². The molecule has 1 saturated heterocycles. The van der Waals surface area contributed by atoms with Gasteiger partial charge < -0.3 is 4.74 Å². The van der Waals surface area contributed by atoms with Gasteiger partial charge in [0.1, 0.15) is 11.6 Å². The van der Waals surface area contributed by atoms with Crippen molar-refractivity contribution in [2.45, 2.75) is 19.9 Å². The van der Waals surface area contributed by atoms with Gasteiger partial charge in [-0.2, -0.15) is 0 Å². The van der Waals surface area contributed by atoms with Crippen molar-refractivity contribution in [3.05, 3.63) is 69.3 Å². The standard InChI is InChI=1S/C20H17ClFNO3S/c1-2-9-26-16-7-3-13(4-8-16)10-18-19(24)23(20(25)27-18)12-14-5-6-15(22)11-17(14)21/h3-8,10-11H,2,9,12H2,1H3/b18-10-. The Labute approximate surface area is 166 Å². The number of halogens is 2. The second-order valence-corrected chi connectivity index (χ2v) is 7.32. The Morgan fingerprint density at radius 3 is 2.59 bits per heavy atom. The van der Waals surface area contributed by atoms with Crippen LogP contribution in [0.15, 0.2) is 47.4 Å². The first kappa shape index (κ1) is 19.5. The SMILES string of the molecule is CCCOc1ccc(/C=C2\SC(=O)N(Cc3ccc(F)cc3Cl)C2=O)cc1. The van der Waals surface area contributed by atoms with Crippen LogP contribution >= 0.6 is 23.4 Å². The van der Waals surface area contributed by atoms with E-state index in [4.69, 9.17) is 16.3 Å². The second kappa shape index (κ2) is 8.59. The molecule has 3 rings (SSSR count). The largest absolute Gasteiger partial charge is 0.494 e. The van der Waals surface area contributed by atoms with Crippen molar-refractivity contribution in [1.82, 2.24) is 4.90 Å². The second-order valence-electron chi connectivity index (χ2n) is 5.92. The molecule has 0 radical (unpaired) electrons. The van der Waals surface area contributed by atoms with Crippen molar-refractivity contribution >= 4 is 40.6 Å². The van der Waals surface area contributed by atoms with E-state index in [0.717, 1.165) is 40.5 Å². The van der Waals surface area contributed by atoms with Crippen LogP contribution in [0.3, 0.4) is 0 Å². The molecule has 1 aliphatic heterocycles. The molecule has 0 aliphatic carbocycles. The lowest BCUT2D eigenvalue weighted by Crippen LogP contribution is -2.27. The minimum absolute atomic E-state index is 0.00488. The highest BCUT2D eigenvalue weighted by atomic mass is 35.5. The van der Waals surface area contributed by atoms with Crippen molar-refractivity contribution < 1.29 is 18.7 Å². The van der Waals surface area contributed by atoms with Crippen LogP contribution in [0.25, 0.3) is 6.08 Å². The average molecular weight is 406 g/mol.